The molecular formula is C9H18N2O3. The molecule has 0 atom stereocenters. The number of likely N-dealkylation sites (N-methyl/N-ethyl adjacent to an activating group) is 1. The Morgan fingerprint density at radius 3 is 2.57 bits per heavy atom. The van der Waals surface area contributed by atoms with Crippen LogP contribution in [0.1, 0.15) is 13.8 Å². The van der Waals surface area contributed by atoms with E-state index in [1.165, 1.54) is 0 Å². The van der Waals surface area contributed by atoms with Crippen LogP contribution in [0.3, 0.4) is 0 Å². The summed E-state index contributed by atoms with van der Waals surface area (Å²) in [4.78, 5) is 17.9. The molecule has 5 heteroatoms. The number of carbonyl (C=O) groups excluding carboxylic acids is 1. The highest BCUT2D eigenvalue weighted by molar-refractivity contribution is 6.35. The number of ether oxygens (including phenoxy) is 1. The third-order valence-corrected chi connectivity index (χ3v) is 1.40. The highest BCUT2D eigenvalue weighted by atomic mass is 16.6. The van der Waals surface area contributed by atoms with E-state index in [-0.39, 0.29) is 5.71 Å². The van der Waals surface area contributed by atoms with Crippen LogP contribution < -0.4 is 0 Å². The predicted molar refractivity (Wildman–Crippen MR) is 54.2 cm³/mol. The maximum Gasteiger partial charge on any atom is 0.355 e. The molecular weight excluding hydrogens is 184 g/mol. The summed E-state index contributed by atoms with van der Waals surface area (Å²) in [5.74, 6) is -0.433. The fourth-order valence-electron chi connectivity index (χ4n) is 0.639. The topological polar surface area (TPSA) is 51.1 Å². The van der Waals surface area contributed by atoms with E-state index in [1.807, 2.05) is 19.0 Å². The van der Waals surface area contributed by atoms with E-state index < -0.39 is 5.97 Å². The van der Waals surface area contributed by atoms with Gasteiger partial charge in [-0.25, -0.2) is 4.79 Å². The highest BCUT2D eigenvalue weighted by Gasteiger charge is 2.06. The van der Waals surface area contributed by atoms with Crippen LogP contribution >= 0.6 is 0 Å². The molecule has 14 heavy (non-hydrogen) atoms. The van der Waals surface area contributed by atoms with Crippen molar-refractivity contribution >= 4 is 11.7 Å². The number of nitrogens with zero attached hydrogens (tertiary/aromatic N) is 2. The molecule has 0 aromatic carbocycles. The Kier molecular flexibility index (Phi) is 6.74. The molecule has 0 spiro atoms. The summed E-state index contributed by atoms with van der Waals surface area (Å²) >= 11 is 0. The maximum atomic E-state index is 11.0. The molecule has 0 bridgehead atoms. The molecule has 0 aromatic heterocycles. The minimum absolute atomic E-state index is 0.241. The van der Waals surface area contributed by atoms with Gasteiger partial charge in [0.2, 0.25) is 0 Å². The molecule has 0 N–H and O–H groups in total. The van der Waals surface area contributed by atoms with Crippen LogP contribution in [0.15, 0.2) is 5.16 Å². The SMILES string of the molecule is CCOC(=O)/C(C)=N/OCCN(C)C. The maximum absolute atomic E-state index is 11.0. The molecule has 0 fully saturated rings. The van der Waals surface area contributed by atoms with E-state index in [1.54, 1.807) is 13.8 Å². The van der Waals surface area contributed by atoms with E-state index >= 15 is 0 Å². The third kappa shape index (κ3) is 6.42. The van der Waals surface area contributed by atoms with Crippen LogP contribution in [-0.4, -0.2) is 50.4 Å². The average Bonchev–Trinajstić information content (AvgIpc) is 2.12. The van der Waals surface area contributed by atoms with Gasteiger partial charge in [-0.05, 0) is 27.9 Å². The van der Waals surface area contributed by atoms with E-state index in [0.29, 0.717) is 13.2 Å². The molecule has 0 heterocycles. The molecule has 0 rings (SSSR count). The number of hydrogen-bond donors (Lipinski definition) is 0. The Hall–Kier alpha value is -1.10. The number of oxime groups is 1. The van der Waals surface area contributed by atoms with Gasteiger partial charge in [-0.15, -0.1) is 0 Å². The molecule has 0 aliphatic rings. The zero-order valence-corrected chi connectivity index (χ0v) is 9.24. The molecule has 0 radical (unpaired) electrons. The Labute approximate surface area is 84.7 Å². The normalized spacial score (nSPS) is 11.6. The van der Waals surface area contributed by atoms with E-state index in [9.17, 15) is 4.79 Å². The monoisotopic (exact) mass is 202 g/mol. The van der Waals surface area contributed by atoms with Crippen molar-refractivity contribution in [2.75, 3.05) is 33.9 Å². The van der Waals surface area contributed by atoms with Crippen molar-refractivity contribution in [2.45, 2.75) is 13.8 Å². The summed E-state index contributed by atoms with van der Waals surface area (Å²) in [6, 6.07) is 0. The van der Waals surface area contributed by atoms with Crippen molar-refractivity contribution in [3.63, 3.8) is 0 Å². The van der Waals surface area contributed by atoms with Crippen LogP contribution in [0.4, 0.5) is 0 Å². The molecule has 5 nitrogen and oxygen atoms in total. The van der Waals surface area contributed by atoms with Crippen LogP contribution in [-0.2, 0) is 14.4 Å². The van der Waals surface area contributed by atoms with E-state index in [4.69, 9.17) is 9.57 Å². The van der Waals surface area contributed by atoms with Crippen LogP contribution in [0, 0.1) is 0 Å². The lowest BCUT2D eigenvalue weighted by molar-refractivity contribution is -0.135. The average molecular weight is 202 g/mol. The Bertz CT molecular complexity index is 202. The second-order valence-electron chi connectivity index (χ2n) is 3.03. The molecule has 0 aromatic rings. The van der Waals surface area contributed by atoms with Crippen molar-refractivity contribution in [1.29, 1.82) is 0 Å². The first kappa shape index (κ1) is 12.9. The molecule has 0 amide bonds. The quantitative estimate of drug-likeness (QED) is 0.272. The van der Waals surface area contributed by atoms with Gasteiger partial charge in [0.05, 0.1) is 6.61 Å². The van der Waals surface area contributed by atoms with Gasteiger partial charge in [-0.1, -0.05) is 5.16 Å². The fourth-order valence-corrected chi connectivity index (χ4v) is 0.639. The molecule has 0 aliphatic carbocycles. The Balaban J connectivity index is 3.71. The molecule has 0 saturated carbocycles. The van der Waals surface area contributed by atoms with Gasteiger partial charge in [0.25, 0.3) is 0 Å². The third-order valence-electron chi connectivity index (χ3n) is 1.40. The van der Waals surface area contributed by atoms with Gasteiger partial charge < -0.3 is 14.5 Å². The number of rotatable bonds is 6. The summed E-state index contributed by atoms with van der Waals surface area (Å²) in [6.07, 6.45) is 0. The minimum atomic E-state index is -0.433. The van der Waals surface area contributed by atoms with E-state index in [2.05, 4.69) is 5.16 Å². The summed E-state index contributed by atoms with van der Waals surface area (Å²) in [5.41, 5.74) is 0.241. The first-order valence-electron chi connectivity index (χ1n) is 4.56. The standard InChI is InChI=1S/C9H18N2O3/c1-5-13-9(12)8(2)10-14-7-6-11(3)4/h5-7H2,1-4H3/b10-8+. The van der Waals surface area contributed by atoms with Crippen molar-refractivity contribution < 1.29 is 14.4 Å². The first-order chi connectivity index (χ1) is 6.57. The van der Waals surface area contributed by atoms with Crippen LogP contribution in [0.25, 0.3) is 0 Å². The van der Waals surface area contributed by atoms with Crippen LogP contribution in [0.5, 0.6) is 0 Å². The first-order valence-corrected chi connectivity index (χ1v) is 4.56. The largest absolute Gasteiger partial charge is 0.461 e. The lowest BCUT2D eigenvalue weighted by Gasteiger charge is -2.07. The van der Waals surface area contributed by atoms with Crippen molar-refractivity contribution in [3.8, 4) is 0 Å². The van der Waals surface area contributed by atoms with Gasteiger partial charge in [-0.2, -0.15) is 0 Å². The van der Waals surface area contributed by atoms with Gasteiger partial charge in [0, 0.05) is 6.54 Å². The fraction of sp³-hybridized carbons (Fsp3) is 0.778. The summed E-state index contributed by atoms with van der Waals surface area (Å²) in [5, 5.41) is 3.63. The van der Waals surface area contributed by atoms with Crippen molar-refractivity contribution in [3.05, 3.63) is 0 Å². The van der Waals surface area contributed by atoms with Gasteiger partial charge in [0.15, 0.2) is 5.71 Å². The number of hydrogen-bond acceptors (Lipinski definition) is 5. The van der Waals surface area contributed by atoms with Gasteiger partial charge in [-0.3, -0.25) is 0 Å². The van der Waals surface area contributed by atoms with Gasteiger partial charge >= 0.3 is 5.97 Å². The molecule has 82 valence electrons. The second kappa shape index (κ2) is 7.32. The van der Waals surface area contributed by atoms with Crippen LogP contribution in [0.2, 0.25) is 0 Å². The smallest absolute Gasteiger partial charge is 0.355 e. The van der Waals surface area contributed by atoms with Gasteiger partial charge in [0.1, 0.15) is 6.61 Å². The van der Waals surface area contributed by atoms with E-state index in [0.717, 1.165) is 6.54 Å². The van der Waals surface area contributed by atoms with Crippen molar-refractivity contribution in [1.82, 2.24) is 4.90 Å². The second-order valence-corrected chi connectivity index (χ2v) is 3.03. The summed E-state index contributed by atoms with van der Waals surface area (Å²) in [6.45, 7) is 4.89. The lowest BCUT2D eigenvalue weighted by atomic mass is 10.4. The number of carbonyl (C=O) groups is 1. The lowest BCUT2D eigenvalue weighted by Crippen LogP contribution is -2.18. The minimum Gasteiger partial charge on any atom is -0.461 e. The Morgan fingerprint density at radius 1 is 1.43 bits per heavy atom. The number of esters is 1. The zero-order valence-electron chi connectivity index (χ0n) is 9.24. The summed E-state index contributed by atoms with van der Waals surface area (Å²) in [7, 11) is 3.87. The highest BCUT2D eigenvalue weighted by Crippen LogP contribution is 1.87. The predicted octanol–water partition coefficient (Wildman–Crippen LogP) is 0.504. The summed E-state index contributed by atoms with van der Waals surface area (Å²) < 4.78 is 4.72. The van der Waals surface area contributed by atoms with Crippen molar-refractivity contribution in [2.24, 2.45) is 5.16 Å². The zero-order chi connectivity index (χ0) is 11.0. The molecule has 0 unspecified atom stereocenters. The molecule has 0 aliphatic heterocycles. The molecule has 0 saturated heterocycles. The Morgan fingerprint density at radius 2 is 2.07 bits per heavy atom.